The molecule has 2 N–H and O–H groups in total. The van der Waals surface area contributed by atoms with E-state index in [1.165, 1.54) is 24.3 Å². The molecule has 0 spiro atoms. The number of amides is 1. The number of carboxylic acid groups (broad SMARTS) is 1. The van der Waals surface area contributed by atoms with Gasteiger partial charge in [0.2, 0.25) is 0 Å². The number of hydrogen-bond donors (Lipinski definition) is 2. The summed E-state index contributed by atoms with van der Waals surface area (Å²) in [4.78, 5) is 22.8. The minimum Gasteiger partial charge on any atom is -0.478 e. The van der Waals surface area contributed by atoms with E-state index in [0.29, 0.717) is 18.8 Å². The molecule has 1 unspecified atom stereocenters. The summed E-state index contributed by atoms with van der Waals surface area (Å²) in [6, 6.07) is 5.80. The maximum atomic E-state index is 12.1. The van der Waals surface area contributed by atoms with Crippen molar-refractivity contribution in [1.82, 2.24) is 5.32 Å². The number of hydrogen-bond acceptors (Lipinski definition) is 3. The third kappa shape index (κ3) is 4.66. The molecule has 0 aliphatic rings. The van der Waals surface area contributed by atoms with Crippen molar-refractivity contribution >= 4 is 11.9 Å². The molecule has 0 fully saturated rings. The number of ether oxygens (including phenoxy) is 1. The second kappa shape index (κ2) is 7.65. The molecule has 1 rings (SSSR count). The second-order valence-corrected chi connectivity index (χ2v) is 4.87. The van der Waals surface area contributed by atoms with E-state index >= 15 is 0 Å². The van der Waals surface area contributed by atoms with Gasteiger partial charge in [0.1, 0.15) is 0 Å². The predicted molar refractivity (Wildman–Crippen MR) is 76.0 cm³/mol. The number of nitrogens with one attached hydrogen (secondary N) is 1. The van der Waals surface area contributed by atoms with Gasteiger partial charge in [-0.3, -0.25) is 4.79 Å². The van der Waals surface area contributed by atoms with Gasteiger partial charge in [0, 0.05) is 12.2 Å². The first kappa shape index (κ1) is 16.2. The summed E-state index contributed by atoms with van der Waals surface area (Å²) in [6.45, 7) is 7.00. The Labute approximate surface area is 118 Å². The van der Waals surface area contributed by atoms with Gasteiger partial charge in [-0.2, -0.15) is 0 Å². The molecule has 1 amide bonds. The lowest BCUT2D eigenvalue weighted by Gasteiger charge is -2.22. The lowest BCUT2D eigenvalue weighted by Crippen LogP contribution is -2.41. The van der Waals surface area contributed by atoms with Crippen LogP contribution in [0.2, 0.25) is 0 Å². The Morgan fingerprint density at radius 2 is 1.75 bits per heavy atom. The van der Waals surface area contributed by atoms with Gasteiger partial charge in [0.05, 0.1) is 18.2 Å². The molecule has 110 valence electrons. The van der Waals surface area contributed by atoms with Gasteiger partial charge in [-0.25, -0.2) is 4.79 Å². The zero-order valence-corrected chi connectivity index (χ0v) is 12.1. The molecule has 20 heavy (non-hydrogen) atoms. The van der Waals surface area contributed by atoms with E-state index in [4.69, 9.17) is 9.84 Å². The third-order valence-electron chi connectivity index (χ3n) is 3.02. The molecule has 0 saturated heterocycles. The minimum absolute atomic E-state index is 0.0680. The Morgan fingerprint density at radius 3 is 2.20 bits per heavy atom. The van der Waals surface area contributed by atoms with Gasteiger partial charge in [-0.15, -0.1) is 0 Å². The number of aromatic carboxylic acids is 1. The van der Waals surface area contributed by atoms with Crippen molar-refractivity contribution in [3.05, 3.63) is 35.4 Å². The first-order valence-corrected chi connectivity index (χ1v) is 6.67. The van der Waals surface area contributed by atoms with Crippen molar-refractivity contribution in [1.29, 1.82) is 0 Å². The van der Waals surface area contributed by atoms with Crippen LogP contribution in [0.3, 0.4) is 0 Å². The number of rotatable bonds is 7. The molecule has 1 atom stereocenters. The fourth-order valence-electron chi connectivity index (χ4n) is 1.66. The van der Waals surface area contributed by atoms with E-state index in [0.717, 1.165) is 0 Å². The van der Waals surface area contributed by atoms with E-state index in [1.54, 1.807) is 0 Å². The second-order valence-electron chi connectivity index (χ2n) is 4.87. The summed E-state index contributed by atoms with van der Waals surface area (Å²) in [7, 11) is 0. The molecular weight excluding hydrogens is 258 g/mol. The summed E-state index contributed by atoms with van der Waals surface area (Å²) in [5.74, 6) is -0.975. The summed E-state index contributed by atoms with van der Waals surface area (Å²) < 4.78 is 5.35. The fraction of sp³-hybridized carbons (Fsp3) is 0.467. The number of carboxylic acids is 1. The Kier molecular flexibility index (Phi) is 6.18. The van der Waals surface area contributed by atoms with Crippen molar-refractivity contribution in [2.24, 2.45) is 5.92 Å². The highest BCUT2D eigenvalue weighted by molar-refractivity contribution is 5.96. The lowest BCUT2D eigenvalue weighted by molar-refractivity contribution is 0.0696. The number of carbonyl (C=O) groups is 2. The van der Waals surface area contributed by atoms with Crippen LogP contribution in [-0.2, 0) is 4.74 Å². The average molecular weight is 279 g/mol. The maximum Gasteiger partial charge on any atom is 0.335 e. The van der Waals surface area contributed by atoms with Gasteiger partial charge < -0.3 is 15.2 Å². The van der Waals surface area contributed by atoms with Crippen LogP contribution in [0.4, 0.5) is 0 Å². The monoisotopic (exact) mass is 279 g/mol. The molecular formula is C15H21NO4. The highest BCUT2D eigenvalue weighted by Gasteiger charge is 2.17. The lowest BCUT2D eigenvalue weighted by atomic mass is 10.0. The molecule has 1 aromatic rings. The maximum absolute atomic E-state index is 12.1. The molecule has 5 nitrogen and oxygen atoms in total. The summed E-state index contributed by atoms with van der Waals surface area (Å²) in [5.41, 5.74) is 0.605. The van der Waals surface area contributed by atoms with Crippen molar-refractivity contribution in [2.75, 3.05) is 13.2 Å². The van der Waals surface area contributed by atoms with Crippen LogP contribution in [0, 0.1) is 5.92 Å². The molecule has 0 aliphatic carbocycles. The van der Waals surface area contributed by atoms with E-state index in [9.17, 15) is 9.59 Å². The highest BCUT2D eigenvalue weighted by atomic mass is 16.5. The van der Waals surface area contributed by atoms with Crippen molar-refractivity contribution in [2.45, 2.75) is 26.8 Å². The zero-order chi connectivity index (χ0) is 15.1. The van der Waals surface area contributed by atoms with E-state index in [-0.39, 0.29) is 23.4 Å². The Bertz CT molecular complexity index is 453. The molecule has 0 bridgehead atoms. The van der Waals surface area contributed by atoms with Gasteiger partial charge in [-0.05, 0) is 37.1 Å². The molecule has 0 radical (unpaired) electrons. The third-order valence-corrected chi connectivity index (χ3v) is 3.02. The summed E-state index contributed by atoms with van der Waals surface area (Å²) in [5, 5.41) is 11.7. The van der Waals surface area contributed by atoms with E-state index < -0.39 is 5.97 Å². The van der Waals surface area contributed by atoms with Crippen LogP contribution in [0.15, 0.2) is 24.3 Å². The average Bonchev–Trinajstić information content (AvgIpc) is 2.42. The molecule has 0 saturated carbocycles. The zero-order valence-electron chi connectivity index (χ0n) is 12.1. The number of benzene rings is 1. The SMILES string of the molecule is CCOCC(NC(=O)c1ccc(C(=O)O)cc1)C(C)C. The van der Waals surface area contributed by atoms with E-state index in [1.807, 2.05) is 20.8 Å². The quantitative estimate of drug-likeness (QED) is 0.802. The van der Waals surface area contributed by atoms with Gasteiger partial charge in [0.25, 0.3) is 5.91 Å². The van der Waals surface area contributed by atoms with Gasteiger partial charge in [-0.1, -0.05) is 13.8 Å². The van der Waals surface area contributed by atoms with Crippen LogP contribution in [-0.4, -0.2) is 36.2 Å². The van der Waals surface area contributed by atoms with Crippen LogP contribution in [0.5, 0.6) is 0 Å². The van der Waals surface area contributed by atoms with Gasteiger partial charge >= 0.3 is 5.97 Å². The topological polar surface area (TPSA) is 75.6 Å². The molecule has 0 aliphatic heterocycles. The largest absolute Gasteiger partial charge is 0.478 e. The van der Waals surface area contributed by atoms with Crippen LogP contribution >= 0.6 is 0 Å². The molecule has 0 heterocycles. The smallest absolute Gasteiger partial charge is 0.335 e. The molecule has 1 aromatic carbocycles. The summed E-state index contributed by atoms with van der Waals surface area (Å²) >= 11 is 0. The Hall–Kier alpha value is -1.88. The van der Waals surface area contributed by atoms with Crippen LogP contribution < -0.4 is 5.32 Å². The first-order valence-electron chi connectivity index (χ1n) is 6.67. The standard InChI is InChI=1S/C15H21NO4/c1-4-20-9-13(10(2)3)16-14(17)11-5-7-12(8-6-11)15(18)19/h5-8,10,13H,4,9H2,1-3H3,(H,16,17)(H,18,19). The van der Waals surface area contributed by atoms with Crippen molar-refractivity contribution in [3.8, 4) is 0 Å². The van der Waals surface area contributed by atoms with Crippen LogP contribution in [0.25, 0.3) is 0 Å². The predicted octanol–water partition coefficient (Wildman–Crippen LogP) is 2.18. The Balaban J connectivity index is 2.70. The minimum atomic E-state index is -1.01. The summed E-state index contributed by atoms with van der Waals surface area (Å²) in [6.07, 6.45) is 0. The molecule has 0 aromatic heterocycles. The van der Waals surface area contributed by atoms with Crippen molar-refractivity contribution in [3.63, 3.8) is 0 Å². The van der Waals surface area contributed by atoms with Crippen LogP contribution in [0.1, 0.15) is 41.5 Å². The number of carbonyl (C=O) groups excluding carboxylic acids is 1. The highest BCUT2D eigenvalue weighted by Crippen LogP contribution is 2.07. The molecule has 5 heteroatoms. The fourth-order valence-corrected chi connectivity index (χ4v) is 1.66. The Morgan fingerprint density at radius 1 is 1.20 bits per heavy atom. The first-order chi connectivity index (χ1) is 9.45. The van der Waals surface area contributed by atoms with E-state index in [2.05, 4.69) is 5.32 Å². The van der Waals surface area contributed by atoms with Crippen molar-refractivity contribution < 1.29 is 19.4 Å². The normalized spacial score (nSPS) is 12.2. The van der Waals surface area contributed by atoms with Gasteiger partial charge in [0.15, 0.2) is 0 Å².